The van der Waals surface area contributed by atoms with Gasteiger partial charge in [-0.05, 0) is 73.9 Å². The van der Waals surface area contributed by atoms with Crippen LogP contribution in [0.15, 0.2) is 60.7 Å². The lowest BCUT2D eigenvalue weighted by Gasteiger charge is -2.32. The molecule has 0 atom stereocenters. The summed E-state index contributed by atoms with van der Waals surface area (Å²) in [6.07, 6.45) is 1.39. The van der Waals surface area contributed by atoms with Crippen LogP contribution in [-0.2, 0) is 4.79 Å². The van der Waals surface area contributed by atoms with E-state index in [1.165, 1.54) is 12.1 Å². The first-order valence-electron chi connectivity index (χ1n) is 11.3. The summed E-state index contributed by atoms with van der Waals surface area (Å²) < 4.78 is 13.3. The van der Waals surface area contributed by atoms with Crippen LogP contribution < -0.4 is 16.0 Å². The van der Waals surface area contributed by atoms with E-state index in [1.54, 1.807) is 12.1 Å². The first-order chi connectivity index (χ1) is 16.5. The van der Waals surface area contributed by atoms with Gasteiger partial charge in [-0.2, -0.15) is 4.98 Å². The molecule has 3 heterocycles. The van der Waals surface area contributed by atoms with Crippen LogP contribution >= 0.6 is 0 Å². The Balaban J connectivity index is 1.36. The molecule has 0 bridgehead atoms. The van der Waals surface area contributed by atoms with Crippen LogP contribution in [0.3, 0.4) is 0 Å². The predicted molar refractivity (Wildman–Crippen MR) is 132 cm³/mol. The first kappa shape index (κ1) is 21.8. The Morgan fingerprint density at radius 1 is 1.03 bits per heavy atom. The zero-order chi connectivity index (χ0) is 23.7. The van der Waals surface area contributed by atoms with Crippen molar-refractivity contribution in [1.29, 1.82) is 0 Å². The lowest BCUT2D eigenvalue weighted by molar-refractivity contribution is -0.120. The monoisotopic (exact) mass is 456 g/mol. The van der Waals surface area contributed by atoms with Crippen LogP contribution in [0.1, 0.15) is 18.4 Å². The minimum absolute atomic E-state index is 0.0361. The molecule has 34 heavy (non-hydrogen) atoms. The highest BCUT2D eigenvalue weighted by Gasteiger charge is 2.27. The van der Waals surface area contributed by atoms with Crippen LogP contribution in [0.5, 0.6) is 0 Å². The van der Waals surface area contributed by atoms with Gasteiger partial charge in [-0.1, -0.05) is 12.1 Å². The minimum Gasteiger partial charge on any atom is -0.368 e. The second-order valence-corrected chi connectivity index (χ2v) is 8.60. The highest BCUT2D eigenvalue weighted by atomic mass is 19.1. The molecule has 1 fully saturated rings. The van der Waals surface area contributed by atoms with Crippen LogP contribution in [0.25, 0.3) is 22.3 Å². The lowest BCUT2D eigenvalue weighted by Crippen LogP contribution is -2.38. The standard InChI is InChI=1S/C26H25FN6O/c1-16-3-2-4-20(15-16)29-25(34)18-11-13-33(14-12-18)24-23-22(31-26(28)32-24)10-9-21(30-23)17-5-7-19(27)8-6-17/h2-10,15,18H,11-14H2,1H3,(H,29,34)(H2,28,31,32). The largest absolute Gasteiger partial charge is 0.368 e. The van der Waals surface area contributed by atoms with Crippen LogP contribution in [-0.4, -0.2) is 33.9 Å². The Bertz CT molecular complexity index is 1350. The molecule has 0 aliphatic carbocycles. The van der Waals surface area contributed by atoms with Crippen LogP contribution in [0, 0.1) is 18.7 Å². The highest BCUT2D eigenvalue weighted by Crippen LogP contribution is 2.30. The molecule has 0 radical (unpaired) electrons. The summed E-state index contributed by atoms with van der Waals surface area (Å²) in [6, 6.07) is 17.7. The molecule has 5 rings (SSSR count). The van der Waals surface area contributed by atoms with Gasteiger partial charge in [0, 0.05) is 30.3 Å². The number of carbonyl (C=O) groups excluding carboxylic acids is 1. The van der Waals surface area contributed by atoms with Crippen molar-refractivity contribution in [1.82, 2.24) is 15.0 Å². The molecule has 0 saturated carbocycles. The number of rotatable bonds is 4. The number of nitrogens with zero attached hydrogens (tertiary/aromatic N) is 4. The van der Waals surface area contributed by atoms with Gasteiger partial charge in [0.1, 0.15) is 11.3 Å². The van der Waals surface area contributed by atoms with Gasteiger partial charge in [-0.15, -0.1) is 0 Å². The Morgan fingerprint density at radius 2 is 1.79 bits per heavy atom. The number of nitrogen functional groups attached to an aromatic ring is 1. The fourth-order valence-electron chi connectivity index (χ4n) is 4.34. The number of carbonyl (C=O) groups is 1. The van der Waals surface area contributed by atoms with E-state index < -0.39 is 0 Å². The summed E-state index contributed by atoms with van der Waals surface area (Å²) in [5.41, 5.74) is 10.7. The van der Waals surface area contributed by atoms with E-state index in [-0.39, 0.29) is 23.6 Å². The summed E-state index contributed by atoms with van der Waals surface area (Å²) in [5.74, 6) is 0.497. The number of benzene rings is 2. The topological polar surface area (TPSA) is 97.0 Å². The molecule has 2 aromatic heterocycles. The molecule has 4 aromatic rings. The van der Waals surface area contributed by atoms with E-state index >= 15 is 0 Å². The molecule has 1 aliphatic heterocycles. The van der Waals surface area contributed by atoms with E-state index in [4.69, 9.17) is 10.7 Å². The zero-order valence-electron chi connectivity index (χ0n) is 18.8. The third kappa shape index (κ3) is 4.52. The van der Waals surface area contributed by atoms with Gasteiger partial charge in [-0.25, -0.2) is 14.4 Å². The average molecular weight is 457 g/mol. The highest BCUT2D eigenvalue weighted by molar-refractivity contribution is 5.93. The molecule has 1 amide bonds. The van der Waals surface area contributed by atoms with Gasteiger partial charge in [0.25, 0.3) is 0 Å². The Labute approximate surface area is 196 Å². The summed E-state index contributed by atoms with van der Waals surface area (Å²) in [5, 5.41) is 3.03. The van der Waals surface area contributed by atoms with Gasteiger partial charge in [0.15, 0.2) is 5.82 Å². The quantitative estimate of drug-likeness (QED) is 0.467. The Kier molecular flexibility index (Phi) is 5.79. The summed E-state index contributed by atoms with van der Waals surface area (Å²) in [4.78, 5) is 28.5. The maximum absolute atomic E-state index is 13.3. The van der Waals surface area contributed by atoms with E-state index in [0.29, 0.717) is 48.5 Å². The summed E-state index contributed by atoms with van der Waals surface area (Å²) >= 11 is 0. The van der Waals surface area contributed by atoms with Crippen molar-refractivity contribution in [3.8, 4) is 11.3 Å². The molecule has 7 nitrogen and oxygen atoms in total. The van der Waals surface area contributed by atoms with Crippen molar-refractivity contribution in [2.24, 2.45) is 5.92 Å². The number of anilines is 3. The second-order valence-electron chi connectivity index (χ2n) is 8.60. The Hall–Kier alpha value is -4.07. The number of nitrogens with two attached hydrogens (primary N) is 1. The van der Waals surface area contributed by atoms with Crippen LogP contribution in [0.4, 0.5) is 21.8 Å². The van der Waals surface area contributed by atoms with E-state index in [1.807, 2.05) is 43.3 Å². The van der Waals surface area contributed by atoms with Crippen molar-refractivity contribution < 1.29 is 9.18 Å². The third-order valence-electron chi connectivity index (χ3n) is 6.13. The summed E-state index contributed by atoms with van der Waals surface area (Å²) in [7, 11) is 0. The van der Waals surface area contributed by atoms with Crippen molar-refractivity contribution in [2.75, 3.05) is 29.0 Å². The number of hydrogen-bond donors (Lipinski definition) is 2. The van der Waals surface area contributed by atoms with Gasteiger partial charge < -0.3 is 16.0 Å². The molecule has 1 aliphatic rings. The lowest BCUT2D eigenvalue weighted by atomic mass is 9.95. The molecular formula is C26H25FN6O. The van der Waals surface area contributed by atoms with E-state index in [9.17, 15) is 9.18 Å². The fourth-order valence-corrected chi connectivity index (χ4v) is 4.34. The predicted octanol–water partition coefficient (Wildman–Crippen LogP) is 4.58. The molecule has 8 heteroatoms. The molecule has 172 valence electrons. The smallest absolute Gasteiger partial charge is 0.227 e. The summed E-state index contributed by atoms with van der Waals surface area (Å²) in [6.45, 7) is 3.31. The number of halogens is 1. The SMILES string of the molecule is Cc1cccc(NC(=O)C2CCN(c3nc(N)nc4ccc(-c5ccc(F)cc5)nc34)CC2)c1. The van der Waals surface area contributed by atoms with Gasteiger partial charge in [0.2, 0.25) is 11.9 Å². The maximum atomic E-state index is 13.3. The number of nitrogens with one attached hydrogen (secondary N) is 1. The van der Waals surface area contributed by atoms with Gasteiger partial charge >= 0.3 is 0 Å². The molecule has 2 aromatic carbocycles. The molecule has 0 unspecified atom stereocenters. The van der Waals surface area contributed by atoms with Gasteiger partial charge in [-0.3, -0.25) is 4.79 Å². The van der Waals surface area contributed by atoms with Gasteiger partial charge in [0.05, 0.1) is 11.2 Å². The number of aryl methyl sites for hydroxylation is 1. The molecule has 3 N–H and O–H groups in total. The fraction of sp³-hybridized carbons (Fsp3) is 0.231. The number of amides is 1. The van der Waals surface area contributed by atoms with Crippen molar-refractivity contribution >= 4 is 34.4 Å². The van der Waals surface area contributed by atoms with E-state index in [2.05, 4.69) is 20.2 Å². The number of aromatic nitrogens is 3. The second kappa shape index (κ2) is 9.05. The number of hydrogen-bond acceptors (Lipinski definition) is 6. The Morgan fingerprint density at radius 3 is 2.53 bits per heavy atom. The molecule has 0 spiro atoms. The molecule has 1 saturated heterocycles. The average Bonchev–Trinajstić information content (AvgIpc) is 2.84. The van der Waals surface area contributed by atoms with E-state index in [0.717, 1.165) is 16.8 Å². The van der Waals surface area contributed by atoms with Crippen molar-refractivity contribution in [2.45, 2.75) is 19.8 Å². The van der Waals surface area contributed by atoms with Crippen molar-refractivity contribution in [3.63, 3.8) is 0 Å². The minimum atomic E-state index is -0.296. The van der Waals surface area contributed by atoms with Crippen molar-refractivity contribution in [3.05, 3.63) is 72.0 Å². The molecular weight excluding hydrogens is 431 g/mol. The van der Waals surface area contributed by atoms with Crippen LogP contribution in [0.2, 0.25) is 0 Å². The number of fused-ring (bicyclic) bond motifs is 1. The first-order valence-corrected chi connectivity index (χ1v) is 11.3. The normalized spacial score (nSPS) is 14.4. The maximum Gasteiger partial charge on any atom is 0.227 e. The number of pyridine rings is 1. The number of piperidine rings is 1. The third-order valence-corrected chi connectivity index (χ3v) is 6.13. The zero-order valence-corrected chi connectivity index (χ0v) is 18.8.